The van der Waals surface area contributed by atoms with E-state index in [1.165, 1.54) is 35.6 Å². The molecule has 42 heavy (non-hydrogen) atoms. The van der Waals surface area contributed by atoms with E-state index in [0.717, 1.165) is 18.2 Å². The number of nitrogens with zero attached hydrogens (tertiary/aromatic N) is 4. The lowest BCUT2D eigenvalue weighted by atomic mass is 9.91. The van der Waals surface area contributed by atoms with Crippen molar-refractivity contribution in [2.45, 2.75) is 24.5 Å². The summed E-state index contributed by atoms with van der Waals surface area (Å²) in [5.41, 5.74) is -6.07. The average molecular weight is 600 g/mol. The maximum absolute atomic E-state index is 14.6. The lowest BCUT2D eigenvalue weighted by Crippen LogP contribution is -2.53. The van der Waals surface area contributed by atoms with Crippen LogP contribution < -0.4 is 10.6 Å². The zero-order chi connectivity index (χ0) is 30.7. The van der Waals surface area contributed by atoms with E-state index in [2.05, 4.69) is 20.6 Å². The van der Waals surface area contributed by atoms with E-state index in [-0.39, 0.29) is 36.7 Å². The van der Waals surface area contributed by atoms with Crippen LogP contribution in [-0.2, 0) is 12.1 Å². The van der Waals surface area contributed by atoms with Crippen LogP contribution in [0.4, 0.5) is 47.0 Å². The SMILES string of the molecule is O=C(Nc1ccncn1)Nc1ccc(C(=O)N2CCN(Cc3ccc(C(O)(C(F)(F)F)C(F)(F)F)cc3)CC2)cc1F. The Balaban J connectivity index is 1.32. The number of benzene rings is 2. The molecule has 0 bridgehead atoms. The Morgan fingerprint density at radius 3 is 2.07 bits per heavy atom. The van der Waals surface area contributed by atoms with Crippen molar-refractivity contribution in [2.24, 2.45) is 0 Å². The monoisotopic (exact) mass is 600 g/mol. The number of amides is 3. The van der Waals surface area contributed by atoms with Gasteiger partial charge in [0.25, 0.3) is 11.5 Å². The lowest BCUT2D eigenvalue weighted by Gasteiger charge is -2.35. The molecule has 224 valence electrons. The Morgan fingerprint density at radius 1 is 0.881 bits per heavy atom. The van der Waals surface area contributed by atoms with Gasteiger partial charge in [-0.25, -0.2) is 19.2 Å². The third-order valence-corrected chi connectivity index (χ3v) is 6.55. The zero-order valence-corrected chi connectivity index (χ0v) is 21.5. The number of hydrogen-bond donors (Lipinski definition) is 3. The van der Waals surface area contributed by atoms with Crippen molar-refractivity contribution >= 4 is 23.4 Å². The van der Waals surface area contributed by atoms with Gasteiger partial charge in [0.05, 0.1) is 5.69 Å². The van der Waals surface area contributed by atoms with E-state index in [1.54, 1.807) is 0 Å². The summed E-state index contributed by atoms with van der Waals surface area (Å²) in [5.74, 6) is -1.11. The molecule has 0 spiro atoms. The number of carbonyl (C=O) groups is 2. The van der Waals surface area contributed by atoms with Crippen molar-refractivity contribution in [1.29, 1.82) is 0 Å². The summed E-state index contributed by atoms with van der Waals surface area (Å²) in [6.07, 6.45) is -9.31. The predicted octanol–water partition coefficient (Wildman–Crippen LogP) is 4.53. The quantitative estimate of drug-likeness (QED) is 0.359. The van der Waals surface area contributed by atoms with Gasteiger partial charge in [-0.15, -0.1) is 0 Å². The molecule has 0 aliphatic carbocycles. The largest absolute Gasteiger partial charge is 0.430 e. The molecule has 2 aromatic carbocycles. The van der Waals surface area contributed by atoms with Gasteiger partial charge in [0, 0.05) is 50.0 Å². The summed E-state index contributed by atoms with van der Waals surface area (Å²) in [4.78, 5) is 35.8. The Morgan fingerprint density at radius 2 is 1.52 bits per heavy atom. The number of carbonyl (C=O) groups excluding carboxylic acids is 2. The molecule has 1 aliphatic heterocycles. The topological polar surface area (TPSA) is 111 Å². The molecular formula is C26H23F7N6O3. The second-order valence-corrected chi connectivity index (χ2v) is 9.34. The molecule has 9 nitrogen and oxygen atoms in total. The molecule has 3 aromatic rings. The van der Waals surface area contributed by atoms with Crippen LogP contribution in [0, 0.1) is 5.82 Å². The van der Waals surface area contributed by atoms with E-state index >= 15 is 0 Å². The summed E-state index contributed by atoms with van der Waals surface area (Å²) in [7, 11) is 0. The molecule has 0 radical (unpaired) electrons. The van der Waals surface area contributed by atoms with Crippen molar-refractivity contribution in [1.82, 2.24) is 19.8 Å². The first-order valence-electron chi connectivity index (χ1n) is 12.3. The van der Waals surface area contributed by atoms with Crippen molar-refractivity contribution in [2.75, 3.05) is 36.8 Å². The van der Waals surface area contributed by atoms with Crippen LogP contribution >= 0.6 is 0 Å². The van der Waals surface area contributed by atoms with E-state index in [0.29, 0.717) is 30.8 Å². The fourth-order valence-electron chi connectivity index (χ4n) is 4.27. The summed E-state index contributed by atoms with van der Waals surface area (Å²) in [6, 6.07) is 7.56. The van der Waals surface area contributed by atoms with Crippen molar-refractivity contribution < 1.29 is 45.4 Å². The highest BCUT2D eigenvalue weighted by molar-refractivity contribution is 6.00. The first-order valence-corrected chi connectivity index (χ1v) is 12.3. The second kappa shape index (κ2) is 11.9. The van der Waals surface area contributed by atoms with Gasteiger partial charge in [-0.1, -0.05) is 24.3 Å². The number of urea groups is 1. The van der Waals surface area contributed by atoms with E-state index in [4.69, 9.17) is 0 Å². The van der Waals surface area contributed by atoms with Gasteiger partial charge in [-0.2, -0.15) is 26.3 Å². The fourth-order valence-corrected chi connectivity index (χ4v) is 4.27. The van der Waals surface area contributed by atoms with Gasteiger partial charge >= 0.3 is 18.4 Å². The molecule has 4 rings (SSSR count). The Kier molecular flexibility index (Phi) is 8.68. The number of aromatic nitrogens is 2. The minimum absolute atomic E-state index is 0.0418. The third kappa shape index (κ3) is 6.60. The van der Waals surface area contributed by atoms with Gasteiger partial charge in [0.1, 0.15) is 18.0 Å². The Hall–Kier alpha value is -4.31. The van der Waals surface area contributed by atoms with Crippen LogP contribution in [0.3, 0.4) is 0 Å². The molecule has 3 amide bonds. The number of hydrogen-bond acceptors (Lipinski definition) is 6. The predicted molar refractivity (Wildman–Crippen MR) is 135 cm³/mol. The first kappa shape index (κ1) is 30.6. The van der Waals surface area contributed by atoms with Crippen LogP contribution in [0.5, 0.6) is 0 Å². The van der Waals surface area contributed by atoms with Gasteiger partial charge in [0.2, 0.25) is 0 Å². The van der Waals surface area contributed by atoms with Crippen molar-refractivity contribution in [3.05, 3.63) is 83.6 Å². The van der Waals surface area contributed by atoms with E-state index in [1.807, 2.05) is 4.90 Å². The molecule has 0 atom stereocenters. The molecule has 1 aliphatic rings. The molecular weight excluding hydrogens is 577 g/mol. The number of piperazine rings is 1. The summed E-state index contributed by atoms with van der Waals surface area (Å²) >= 11 is 0. The highest BCUT2D eigenvalue weighted by atomic mass is 19.4. The van der Waals surface area contributed by atoms with Crippen LogP contribution in [0.2, 0.25) is 0 Å². The van der Waals surface area contributed by atoms with Gasteiger partial charge in [-0.3, -0.25) is 15.0 Å². The highest BCUT2D eigenvalue weighted by Crippen LogP contribution is 2.50. The molecule has 1 fully saturated rings. The molecule has 0 unspecified atom stereocenters. The molecule has 1 saturated heterocycles. The Bertz CT molecular complexity index is 1400. The van der Waals surface area contributed by atoms with Gasteiger partial charge < -0.3 is 15.3 Å². The fraction of sp³-hybridized carbons (Fsp3) is 0.308. The molecule has 16 heteroatoms. The third-order valence-electron chi connectivity index (χ3n) is 6.55. The molecule has 0 saturated carbocycles. The number of anilines is 2. The summed E-state index contributed by atoms with van der Waals surface area (Å²) < 4.78 is 93.2. The van der Waals surface area contributed by atoms with Crippen LogP contribution in [-0.4, -0.2) is 75.3 Å². The van der Waals surface area contributed by atoms with Crippen molar-refractivity contribution in [3.63, 3.8) is 0 Å². The van der Waals surface area contributed by atoms with Crippen molar-refractivity contribution in [3.8, 4) is 0 Å². The van der Waals surface area contributed by atoms with Gasteiger partial charge in [-0.05, 0) is 29.8 Å². The standard InChI is InChI=1S/C26H23F7N6O3/c27-19-13-17(3-6-20(19)36-23(41)37-21-7-8-34-15-35-21)22(40)39-11-9-38(10-12-39)14-16-1-4-18(5-2-16)24(42,25(28,29)30)26(31,32)33/h1-8,13,15,42H,9-12,14H2,(H2,34,35,36,37,41). The smallest absolute Gasteiger partial charge is 0.369 e. The molecule has 1 aromatic heterocycles. The summed E-state index contributed by atoms with van der Waals surface area (Å²) in [5, 5.41) is 14.2. The van der Waals surface area contributed by atoms with E-state index < -0.39 is 41.3 Å². The maximum atomic E-state index is 14.6. The number of nitrogens with one attached hydrogen (secondary N) is 2. The number of aliphatic hydroxyl groups is 1. The molecule has 2 heterocycles. The number of rotatable bonds is 6. The first-order chi connectivity index (χ1) is 19.7. The minimum Gasteiger partial charge on any atom is -0.369 e. The summed E-state index contributed by atoms with van der Waals surface area (Å²) in [6.45, 7) is 1.27. The minimum atomic E-state index is -5.97. The van der Waals surface area contributed by atoms with Gasteiger partial charge in [0.15, 0.2) is 0 Å². The highest BCUT2D eigenvalue weighted by Gasteiger charge is 2.71. The maximum Gasteiger partial charge on any atom is 0.430 e. The van der Waals surface area contributed by atoms with Crippen LogP contribution in [0.25, 0.3) is 0 Å². The lowest BCUT2D eigenvalue weighted by molar-refractivity contribution is -0.376. The average Bonchev–Trinajstić information content (AvgIpc) is 2.93. The Labute approximate surface area is 234 Å². The second-order valence-electron chi connectivity index (χ2n) is 9.34. The van der Waals surface area contributed by atoms with Crippen LogP contribution in [0.15, 0.2) is 61.1 Å². The zero-order valence-electron chi connectivity index (χ0n) is 21.5. The van der Waals surface area contributed by atoms with Crippen LogP contribution in [0.1, 0.15) is 21.5 Å². The number of alkyl halides is 6. The molecule has 3 N–H and O–H groups in total. The number of halogens is 7. The normalized spacial score (nSPS) is 14.9. The van der Waals surface area contributed by atoms with E-state index in [9.17, 15) is 45.4 Å².